The number of ether oxygens (including phenoxy) is 1. The van der Waals surface area contributed by atoms with Crippen LogP contribution in [-0.4, -0.2) is 44.5 Å². The third kappa shape index (κ3) is 2.66. The highest BCUT2D eigenvalue weighted by atomic mass is 32.2. The summed E-state index contributed by atoms with van der Waals surface area (Å²) in [4.78, 5) is 2.48. The number of hydrogen-bond donors (Lipinski definition) is 0. The van der Waals surface area contributed by atoms with Gasteiger partial charge in [0, 0.05) is 28.8 Å². The van der Waals surface area contributed by atoms with Gasteiger partial charge in [-0.2, -0.15) is 0 Å². The Hall–Kier alpha value is -2.31. The molecule has 0 spiro atoms. The second kappa shape index (κ2) is 6.11. The Bertz CT molecular complexity index is 1160. The molecule has 0 radical (unpaired) electrons. The number of nitrogens with zero attached hydrogens (tertiary/aromatic N) is 2. The molecule has 0 N–H and O–H groups in total. The number of hydrogen-bond acceptors (Lipinski definition) is 4. The van der Waals surface area contributed by atoms with Crippen LogP contribution in [0.25, 0.3) is 22.0 Å². The topological polar surface area (TPSA) is 51.5 Å². The van der Waals surface area contributed by atoms with E-state index in [2.05, 4.69) is 11.8 Å². The lowest BCUT2D eigenvalue weighted by molar-refractivity contribution is 0.313. The predicted octanol–water partition coefficient (Wildman–Crippen LogP) is 3.67. The van der Waals surface area contributed by atoms with Gasteiger partial charge in [0.25, 0.3) is 10.0 Å². The maximum Gasteiger partial charge on any atom is 0.268 e. The van der Waals surface area contributed by atoms with Crippen molar-refractivity contribution in [3.8, 4) is 16.9 Å². The van der Waals surface area contributed by atoms with E-state index in [0.29, 0.717) is 4.90 Å². The standard InChI is InChI=1S/C21H24N2O3S/c1-13-6-7-20-18(8-13)19-11-16(26-5)10-17-15(9-14(2)22(3)4)12-23(21(17)19)27(20,24)25/h6-8,10-12,14H,9H2,1-5H3. The normalized spacial score (nSPS) is 15.8. The highest BCUT2D eigenvalue weighted by molar-refractivity contribution is 7.90. The highest BCUT2D eigenvalue weighted by Gasteiger charge is 2.32. The highest BCUT2D eigenvalue weighted by Crippen LogP contribution is 2.44. The molecule has 1 aliphatic rings. The van der Waals surface area contributed by atoms with Crippen molar-refractivity contribution in [1.29, 1.82) is 0 Å². The summed E-state index contributed by atoms with van der Waals surface area (Å²) in [5.74, 6) is 0.737. The van der Waals surface area contributed by atoms with E-state index in [1.807, 2.05) is 45.3 Å². The van der Waals surface area contributed by atoms with Crippen molar-refractivity contribution in [2.45, 2.75) is 31.2 Å². The number of fused-ring (bicyclic) bond motifs is 2. The Kier molecular flexibility index (Phi) is 4.09. The van der Waals surface area contributed by atoms with Gasteiger partial charge in [-0.1, -0.05) is 11.6 Å². The summed E-state index contributed by atoms with van der Waals surface area (Å²) < 4.78 is 33.6. The van der Waals surface area contributed by atoms with Gasteiger partial charge >= 0.3 is 0 Å². The molecule has 2 aromatic carbocycles. The van der Waals surface area contributed by atoms with Gasteiger partial charge < -0.3 is 9.64 Å². The zero-order chi connectivity index (χ0) is 19.5. The lowest BCUT2D eigenvalue weighted by atomic mass is 9.98. The summed E-state index contributed by atoms with van der Waals surface area (Å²) in [6.45, 7) is 4.11. The minimum Gasteiger partial charge on any atom is -0.497 e. The zero-order valence-electron chi connectivity index (χ0n) is 16.3. The van der Waals surface area contributed by atoms with E-state index in [9.17, 15) is 8.42 Å². The molecular formula is C21H24N2O3S. The van der Waals surface area contributed by atoms with Crippen molar-refractivity contribution in [2.24, 2.45) is 0 Å². The predicted molar refractivity (Wildman–Crippen MR) is 108 cm³/mol. The van der Waals surface area contributed by atoms with Crippen molar-refractivity contribution in [3.05, 3.63) is 47.7 Å². The van der Waals surface area contributed by atoms with E-state index in [4.69, 9.17) is 4.74 Å². The van der Waals surface area contributed by atoms with Gasteiger partial charge in [0.1, 0.15) is 5.75 Å². The fraction of sp³-hybridized carbons (Fsp3) is 0.333. The summed E-state index contributed by atoms with van der Waals surface area (Å²) >= 11 is 0. The molecule has 3 aromatic rings. The molecule has 2 heterocycles. The molecule has 0 saturated heterocycles. The van der Waals surface area contributed by atoms with Crippen molar-refractivity contribution < 1.29 is 13.2 Å². The quantitative estimate of drug-likeness (QED) is 0.539. The molecule has 1 unspecified atom stereocenters. The molecule has 1 aromatic heterocycles. The average molecular weight is 385 g/mol. The smallest absolute Gasteiger partial charge is 0.268 e. The van der Waals surface area contributed by atoms with Crippen LogP contribution in [0.2, 0.25) is 0 Å². The Morgan fingerprint density at radius 1 is 1.15 bits per heavy atom. The van der Waals surface area contributed by atoms with Gasteiger partial charge in [0.2, 0.25) is 0 Å². The van der Waals surface area contributed by atoms with Crippen molar-refractivity contribution in [1.82, 2.24) is 8.87 Å². The minimum atomic E-state index is -3.62. The van der Waals surface area contributed by atoms with Gasteiger partial charge in [0.05, 0.1) is 17.5 Å². The van der Waals surface area contributed by atoms with Crippen LogP contribution >= 0.6 is 0 Å². The molecule has 0 bridgehead atoms. The maximum atomic E-state index is 13.3. The van der Waals surface area contributed by atoms with Crippen LogP contribution in [0, 0.1) is 6.92 Å². The largest absolute Gasteiger partial charge is 0.497 e. The van der Waals surface area contributed by atoms with Crippen molar-refractivity contribution >= 4 is 20.9 Å². The number of rotatable bonds is 4. The van der Waals surface area contributed by atoms with Crippen molar-refractivity contribution in [3.63, 3.8) is 0 Å². The lowest BCUT2D eigenvalue weighted by Gasteiger charge is -2.21. The average Bonchev–Trinajstić information content (AvgIpc) is 2.99. The van der Waals surface area contributed by atoms with Crippen LogP contribution < -0.4 is 4.74 Å². The molecular weight excluding hydrogens is 360 g/mol. The molecule has 1 aliphatic heterocycles. The van der Waals surface area contributed by atoms with E-state index in [-0.39, 0.29) is 6.04 Å². The lowest BCUT2D eigenvalue weighted by Crippen LogP contribution is -2.26. The van der Waals surface area contributed by atoms with Crippen LogP contribution in [0.3, 0.4) is 0 Å². The summed E-state index contributed by atoms with van der Waals surface area (Å²) in [7, 11) is 2.09. The first kappa shape index (κ1) is 18.1. The van der Waals surface area contributed by atoms with E-state index in [0.717, 1.165) is 45.3 Å². The second-order valence-electron chi connectivity index (χ2n) is 7.54. The second-order valence-corrected chi connectivity index (χ2v) is 9.33. The number of aryl methyl sites for hydroxylation is 1. The Morgan fingerprint density at radius 2 is 1.89 bits per heavy atom. The molecule has 6 heteroatoms. The first-order chi connectivity index (χ1) is 12.7. The van der Waals surface area contributed by atoms with Crippen LogP contribution in [0.15, 0.2) is 41.4 Å². The summed E-state index contributed by atoms with van der Waals surface area (Å²) in [6, 6.07) is 9.66. The van der Waals surface area contributed by atoms with Gasteiger partial charge in [-0.05, 0) is 64.2 Å². The van der Waals surface area contributed by atoms with E-state index < -0.39 is 10.0 Å². The molecule has 0 saturated carbocycles. The molecule has 1 atom stereocenters. The summed E-state index contributed by atoms with van der Waals surface area (Å²) in [5, 5.41) is 0.939. The molecule has 27 heavy (non-hydrogen) atoms. The van der Waals surface area contributed by atoms with Crippen LogP contribution in [0.4, 0.5) is 0 Å². The Morgan fingerprint density at radius 3 is 2.56 bits per heavy atom. The molecule has 0 fully saturated rings. The van der Waals surface area contributed by atoms with Gasteiger partial charge in [-0.25, -0.2) is 12.4 Å². The molecule has 4 rings (SSSR count). The van der Waals surface area contributed by atoms with E-state index in [1.54, 1.807) is 19.4 Å². The third-order valence-corrected chi connectivity index (χ3v) is 7.24. The van der Waals surface area contributed by atoms with Crippen LogP contribution in [-0.2, 0) is 16.4 Å². The summed E-state index contributed by atoms with van der Waals surface area (Å²) in [5.41, 5.74) is 4.44. The first-order valence-corrected chi connectivity index (χ1v) is 10.4. The SMILES string of the molecule is COc1cc2c3c(c1)c(CC(C)N(C)C)cn3S(=O)(=O)c1ccc(C)cc1-2. The van der Waals surface area contributed by atoms with Gasteiger partial charge in [-0.3, -0.25) is 0 Å². The number of likely N-dealkylation sites (N-methyl/N-ethyl adjacent to an activating group) is 1. The maximum absolute atomic E-state index is 13.3. The van der Waals surface area contributed by atoms with E-state index in [1.165, 1.54) is 3.97 Å². The van der Waals surface area contributed by atoms with Gasteiger partial charge in [0.15, 0.2) is 0 Å². The van der Waals surface area contributed by atoms with Crippen molar-refractivity contribution in [2.75, 3.05) is 21.2 Å². The van der Waals surface area contributed by atoms with Crippen LogP contribution in [0.1, 0.15) is 18.1 Å². The number of benzene rings is 2. The Balaban J connectivity index is 2.09. The summed E-state index contributed by atoms with van der Waals surface area (Å²) in [6.07, 6.45) is 2.54. The molecule has 5 nitrogen and oxygen atoms in total. The molecule has 142 valence electrons. The van der Waals surface area contributed by atoms with Gasteiger partial charge in [-0.15, -0.1) is 0 Å². The zero-order valence-corrected chi connectivity index (χ0v) is 17.1. The minimum absolute atomic E-state index is 0.284. The third-order valence-electron chi connectivity index (χ3n) is 5.52. The van der Waals surface area contributed by atoms with Crippen LogP contribution in [0.5, 0.6) is 5.75 Å². The number of methoxy groups -OCH3 is 1. The van der Waals surface area contributed by atoms with E-state index >= 15 is 0 Å². The fourth-order valence-electron chi connectivity index (χ4n) is 3.73. The first-order valence-electron chi connectivity index (χ1n) is 8.99. The molecule has 0 aliphatic carbocycles. The fourth-order valence-corrected chi connectivity index (χ4v) is 5.33. The number of aromatic nitrogens is 1. The monoisotopic (exact) mass is 384 g/mol. The molecule has 0 amide bonds. The Labute approximate surface area is 160 Å².